The van der Waals surface area contributed by atoms with Crippen LogP contribution in [-0.2, 0) is 0 Å². The van der Waals surface area contributed by atoms with Crippen molar-refractivity contribution >= 4 is 11.6 Å². The summed E-state index contributed by atoms with van der Waals surface area (Å²) in [5.41, 5.74) is 1.10. The minimum Gasteiger partial charge on any atom is -0.392 e. The van der Waals surface area contributed by atoms with Gasteiger partial charge in [0, 0.05) is 17.1 Å². The molecular formula is C13H18ClNO. The van der Waals surface area contributed by atoms with Crippen LogP contribution in [0.3, 0.4) is 0 Å². The molecule has 1 fully saturated rings. The number of rotatable bonds is 3. The summed E-state index contributed by atoms with van der Waals surface area (Å²) in [5.74, 6) is 0. The Morgan fingerprint density at radius 2 is 2.12 bits per heavy atom. The molecule has 0 amide bonds. The van der Waals surface area contributed by atoms with Crippen molar-refractivity contribution in [2.45, 2.75) is 44.4 Å². The van der Waals surface area contributed by atoms with E-state index in [9.17, 15) is 5.11 Å². The van der Waals surface area contributed by atoms with Crippen LogP contribution in [0.25, 0.3) is 0 Å². The lowest BCUT2D eigenvalue weighted by atomic mass is 10.1. The van der Waals surface area contributed by atoms with Crippen molar-refractivity contribution in [3.8, 4) is 0 Å². The Balaban J connectivity index is 2.03. The number of hydrogen-bond acceptors (Lipinski definition) is 2. The Kier molecular flexibility index (Phi) is 3.85. The summed E-state index contributed by atoms with van der Waals surface area (Å²) in [6, 6.07) is 8.26. The fourth-order valence-electron chi connectivity index (χ4n) is 2.37. The van der Waals surface area contributed by atoms with Gasteiger partial charge in [0.2, 0.25) is 0 Å². The minimum atomic E-state index is -0.204. The van der Waals surface area contributed by atoms with Gasteiger partial charge in [-0.2, -0.15) is 0 Å². The highest BCUT2D eigenvalue weighted by atomic mass is 35.5. The molecule has 88 valence electrons. The molecule has 0 aromatic heterocycles. The number of aliphatic hydroxyl groups is 1. The quantitative estimate of drug-likeness (QED) is 0.850. The largest absolute Gasteiger partial charge is 0.392 e. The first kappa shape index (κ1) is 11.9. The normalized spacial score (nSPS) is 26.9. The monoisotopic (exact) mass is 239 g/mol. The van der Waals surface area contributed by atoms with Gasteiger partial charge in [-0.15, -0.1) is 0 Å². The standard InChI is InChI=1S/C13H18ClNO/c1-9(10-5-2-3-6-11(10)14)15-12-7-4-8-13(12)16/h2-3,5-6,9,12-13,15-16H,4,7-8H2,1H3/t9-,12+,13+/m0/s1. The van der Waals surface area contributed by atoms with Crippen molar-refractivity contribution in [1.82, 2.24) is 5.32 Å². The predicted molar refractivity (Wildman–Crippen MR) is 66.6 cm³/mol. The van der Waals surface area contributed by atoms with Gasteiger partial charge < -0.3 is 10.4 Å². The summed E-state index contributed by atoms with van der Waals surface area (Å²) < 4.78 is 0. The van der Waals surface area contributed by atoms with Crippen molar-refractivity contribution in [2.75, 3.05) is 0 Å². The number of hydrogen-bond donors (Lipinski definition) is 2. The van der Waals surface area contributed by atoms with E-state index in [4.69, 9.17) is 11.6 Å². The van der Waals surface area contributed by atoms with Gasteiger partial charge in [0.05, 0.1) is 6.10 Å². The van der Waals surface area contributed by atoms with Crippen LogP contribution in [0.15, 0.2) is 24.3 Å². The van der Waals surface area contributed by atoms with Crippen LogP contribution in [-0.4, -0.2) is 17.3 Å². The zero-order valence-corrected chi connectivity index (χ0v) is 10.2. The van der Waals surface area contributed by atoms with Crippen molar-refractivity contribution in [3.05, 3.63) is 34.9 Å². The second-order valence-corrected chi connectivity index (χ2v) is 4.92. The highest BCUT2D eigenvalue weighted by Gasteiger charge is 2.26. The molecule has 1 aliphatic rings. The van der Waals surface area contributed by atoms with Crippen LogP contribution in [0.4, 0.5) is 0 Å². The zero-order chi connectivity index (χ0) is 11.5. The van der Waals surface area contributed by atoms with Crippen LogP contribution < -0.4 is 5.32 Å². The molecule has 1 aliphatic carbocycles. The fourth-order valence-corrected chi connectivity index (χ4v) is 2.67. The Bertz CT molecular complexity index is 356. The molecule has 2 rings (SSSR count). The maximum absolute atomic E-state index is 9.76. The van der Waals surface area contributed by atoms with E-state index in [1.165, 1.54) is 0 Å². The van der Waals surface area contributed by atoms with Gasteiger partial charge in [-0.1, -0.05) is 29.8 Å². The third kappa shape index (κ3) is 2.57. The topological polar surface area (TPSA) is 32.3 Å². The van der Waals surface area contributed by atoms with Gasteiger partial charge in [0.25, 0.3) is 0 Å². The van der Waals surface area contributed by atoms with E-state index >= 15 is 0 Å². The van der Waals surface area contributed by atoms with Crippen molar-refractivity contribution in [3.63, 3.8) is 0 Å². The molecule has 0 aliphatic heterocycles. The van der Waals surface area contributed by atoms with Crippen LogP contribution in [0.2, 0.25) is 5.02 Å². The molecule has 3 atom stereocenters. The van der Waals surface area contributed by atoms with Gasteiger partial charge in [-0.05, 0) is 37.8 Å². The van der Waals surface area contributed by atoms with Gasteiger partial charge in [-0.25, -0.2) is 0 Å². The molecule has 2 nitrogen and oxygen atoms in total. The average molecular weight is 240 g/mol. The summed E-state index contributed by atoms with van der Waals surface area (Å²) in [7, 11) is 0. The summed E-state index contributed by atoms with van der Waals surface area (Å²) in [6.45, 7) is 2.09. The average Bonchev–Trinajstić information content (AvgIpc) is 2.65. The molecule has 1 aromatic rings. The lowest BCUT2D eigenvalue weighted by molar-refractivity contribution is 0.144. The van der Waals surface area contributed by atoms with Crippen molar-refractivity contribution in [1.29, 1.82) is 0 Å². The van der Waals surface area contributed by atoms with Crippen molar-refractivity contribution in [2.24, 2.45) is 0 Å². The van der Waals surface area contributed by atoms with Crippen molar-refractivity contribution < 1.29 is 5.11 Å². The maximum Gasteiger partial charge on any atom is 0.0693 e. The number of halogens is 1. The van der Waals surface area contributed by atoms with E-state index in [2.05, 4.69) is 12.2 Å². The minimum absolute atomic E-state index is 0.187. The summed E-state index contributed by atoms with van der Waals surface area (Å²) in [5, 5.41) is 14.0. The SMILES string of the molecule is C[C@H](N[C@@H]1CCC[C@H]1O)c1ccccc1Cl. The lowest BCUT2D eigenvalue weighted by Crippen LogP contribution is -2.37. The second kappa shape index (κ2) is 5.17. The van der Waals surface area contributed by atoms with E-state index in [1.807, 2.05) is 24.3 Å². The highest BCUT2D eigenvalue weighted by Crippen LogP contribution is 2.26. The van der Waals surface area contributed by atoms with Gasteiger partial charge in [-0.3, -0.25) is 0 Å². The molecule has 1 aromatic carbocycles. The Labute approximate surface area is 102 Å². The summed E-state index contributed by atoms with van der Waals surface area (Å²) in [4.78, 5) is 0. The van der Waals surface area contributed by atoms with E-state index in [0.717, 1.165) is 29.8 Å². The summed E-state index contributed by atoms with van der Waals surface area (Å²) in [6.07, 6.45) is 2.86. The van der Waals surface area contributed by atoms with Gasteiger partial charge in [0.1, 0.15) is 0 Å². The van der Waals surface area contributed by atoms with Crippen LogP contribution in [0.5, 0.6) is 0 Å². The van der Waals surface area contributed by atoms with E-state index in [0.29, 0.717) is 0 Å². The van der Waals surface area contributed by atoms with Crippen LogP contribution in [0.1, 0.15) is 37.8 Å². The highest BCUT2D eigenvalue weighted by molar-refractivity contribution is 6.31. The van der Waals surface area contributed by atoms with Gasteiger partial charge >= 0.3 is 0 Å². The Morgan fingerprint density at radius 1 is 1.38 bits per heavy atom. The maximum atomic E-state index is 9.76. The zero-order valence-electron chi connectivity index (χ0n) is 9.49. The number of benzene rings is 1. The second-order valence-electron chi connectivity index (χ2n) is 4.51. The molecule has 0 unspecified atom stereocenters. The first-order valence-electron chi connectivity index (χ1n) is 5.87. The molecule has 1 saturated carbocycles. The molecule has 16 heavy (non-hydrogen) atoms. The predicted octanol–water partition coefficient (Wildman–Crippen LogP) is 2.90. The molecule has 0 spiro atoms. The third-order valence-electron chi connectivity index (χ3n) is 3.32. The molecule has 0 saturated heterocycles. The molecule has 0 radical (unpaired) electrons. The third-order valence-corrected chi connectivity index (χ3v) is 3.66. The molecule has 0 heterocycles. The van der Waals surface area contributed by atoms with E-state index < -0.39 is 0 Å². The lowest BCUT2D eigenvalue weighted by Gasteiger charge is -2.23. The van der Waals surface area contributed by atoms with E-state index in [1.54, 1.807) is 0 Å². The van der Waals surface area contributed by atoms with Gasteiger partial charge in [0.15, 0.2) is 0 Å². The first-order valence-corrected chi connectivity index (χ1v) is 6.25. The molecular weight excluding hydrogens is 222 g/mol. The smallest absolute Gasteiger partial charge is 0.0693 e. The first-order chi connectivity index (χ1) is 7.68. The molecule has 0 bridgehead atoms. The van der Waals surface area contributed by atoms with E-state index in [-0.39, 0.29) is 18.2 Å². The molecule has 2 N–H and O–H groups in total. The number of nitrogens with one attached hydrogen (secondary N) is 1. The number of aliphatic hydroxyl groups excluding tert-OH is 1. The van der Waals surface area contributed by atoms with Crippen LogP contribution in [0, 0.1) is 0 Å². The molecule has 3 heteroatoms. The Hall–Kier alpha value is -0.570. The Morgan fingerprint density at radius 3 is 2.75 bits per heavy atom. The fraction of sp³-hybridized carbons (Fsp3) is 0.538. The summed E-state index contributed by atoms with van der Waals surface area (Å²) >= 11 is 6.14. The van der Waals surface area contributed by atoms with Crippen LogP contribution >= 0.6 is 11.6 Å².